The second-order valence-corrected chi connectivity index (χ2v) is 9.44. The number of benzene rings is 2. The van der Waals surface area contributed by atoms with Gasteiger partial charge < -0.3 is 14.5 Å². The second-order valence-electron chi connectivity index (χ2n) is 7.54. The van der Waals surface area contributed by atoms with Gasteiger partial charge in [-0.05, 0) is 66.1 Å². The highest BCUT2D eigenvalue weighted by Crippen LogP contribution is 2.22. The molecule has 0 spiro atoms. The molecule has 0 aliphatic heterocycles. The number of esters is 1. The number of amides is 2. The fourth-order valence-corrected chi connectivity index (χ4v) is 4.11. The van der Waals surface area contributed by atoms with Crippen molar-refractivity contribution in [2.45, 2.75) is 0 Å². The number of hydrogen-bond donors (Lipinski definition) is 2. The number of hydrazone groups is 1. The van der Waals surface area contributed by atoms with Gasteiger partial charge in [0.25, 0.3) is 11.8 Å². The first kappa shape index (κ1) is 26.5. The smallest absolute Gasteiger partial charge is 0.336 e. The van der Waals surface area contributed by atoms with E-state index in [1.807, 2.05) is 17.5 Å². The van der Waals surface area contributed by atoms with Gasteiger partial charge in [0.1, 0.15) is 17.2 Å². The van der Waals surface area contributed by atoms with Crippen molar-refractivity contribution in [1.29, 1.82) is 0 Å². The predicted octanol–water partition coefficient (Wildman–Crippen LogP) is 5.64. The van der Waals surface area contributed by atoms with Crippen molar-refractivity contribution >= 4 is 63.4 Å². The molecule has 2 aromatic carbocycles. The third-order valence-electron chi connectivity index (χ3n) is 4.84. The van der Waals surface area contributed by atoms with Crippen LogP contribution in [0.2, 0.25) is 0 Å². The molecule has 190 valence electrons. The van der Waals surface area contributed by atoms with Crippen LogP contribution < -0.4 is 15.5 Å². The molecule has 2 N–H and O–H groups in total. The van der Waals surface area contributed by atoms with E-state index in [2.05, 4.69) is 31.8 Å². The van der Waals surface area contributed by atoms with Gasteiger partial charge in [0.2, 0.25) is 0 Å². The Hall–Kier alpha value is -4.54. The van der Waals surface area contributed by atoms with Gasteiger partial charge in [-0.15, -0.1) is 11.3 Å². The van der Waals surface area contributed by atoms with Crippen LogP contribution in [0.4, 0.5) is 0 Å². The van der Waals surface area contributed by atoms with Crippen LogP contribution in [0.5, 0.6) is 5.75 Å². The van der Waals surface area contributed by atoms with Crippen molar-refractivity contribution in [2.24, 2.45) is 5.10 Å². The van der Waals surface area contributed by atoms with Gasteiger partial charge in [0.15, 0.2) is 0 Å². The average Bonchev–Trinajstić information content (AvgIpc) is 3.63. The first-order valence-corrected chi connectivity index (χ1v) is 12.8. The first-order chi connectivity index (χ1) is 18.5. The van der Waals surface area contributed by atoms with Crippen LogP contribution in [-0.4, -0.2) is 24.0 Å². The standard InChI is InChI=1S/C28H20BrN3O5S/c29-21-10-12-25(37-26(33)13-11-22-8-4-14-36-22)20(16-21)18-30-32-28(35)24(17-23-9-5-15-38-23)31-27(34)19-6-2-1-3-7-19/h1-18H,(H,31,34)(H,32,35). The number of rotatable bonds is 9. The topological polar surface area (TPSA) is 110 Å². The molecule has 0 saturated heterocycles. The van der Waals surface area contributed by atoms with Crippen LogP contribution >= 0.6 is 27.3 Å². The van der Waals surface area contributed by atoms with Crippen molar-refractivity contribution < 1.29 is 23.5 Å². The van der Waals surface area contributed by atoms with Crippen LogP contribution in [0.15, 0.2) is 110 Å². The van der Waals surface area contributed by atoms with Crippen molar-refractivity contribution in [1.82, 2.24) is 10.7 Å². The number of thiophene rings is 1. The summed E-state index contributed by atoms with van der Waals surface area (Å²) in [7, 11) is 0. The van der Waals surface area contributed by atoms with Crippen LogP contribution in [0, 0.1) is 0 Å². The highest BCUT2D eigenvalue weighted by molar-refractivity contribution is 9.10. The highest BCUT2D eigenvalue weighted by atomic mass is 79.9. The Balaban J connectivity index is 1.47. The Morgan fingerprint density at radius 1 is 1.00 bits per heavy atom. The summed E-state index contributed by atoms with van der Waals surface area (Å²) in [5.74, 6) is -0.947. The van der Waals surface area contributed by atoms with Crippen LogP contribution in [0.3, 0.4) is 0 Å². The van der Waals surface area contributed by atoms with Gasteiger partial charge in [0, 0.05) is 26.6 Å². The SMILES string of the molecule is O=C(C=Cc1ccco1)Oc1ccc(Br)cc1C=NNC(=O)C(=Cc1cccs1)NC(=O)c1ccccc1. The predicted molar refractivity (Wildman–Crippen MR) is 149 cm³/mol. The molecule has 0 bridgehead atoms. The molecule has 4 rings (SSSR count). The van der Waals surface area contributed by atoms with Crippen molar-refractivity contribution in [3.63, 3.8) is 0 Å². The molecule has 0 atom stereocenters. The molecule has 2 heterocycles. The summed E-state index contributed by atoms with van der Waals surface area (Å²) in [5, 5.41) is 8.51. The van der Waals surface area contributed by atoms with E-state index in [0.29, 0.717) is 21.4 Å². The minimum atomic E-state index is -0.631. The summed E-state index contributed by atoms with van der Waals surface area (Å²) in [6.45, 7) is 0. The summed E-state index contributed by atoms with van der Waals surface area (Å²) < 4.78 is 11.3. The number of halogens is 1. The molecule has 0 aliphatic carbocycles. The lowest BCUT2D eigenvalue weighted by Gasteiger charge is -2.09. The Bertz CT molecular complexity index is 1490. The number of furan rings is 1. The zero-order chi connectivity index (χ0) is 26.7. The molecule has 8 nitrogen and oxygen atoms in total. The van der Waals surface area contributed by atoms with E-state index in [0.717, 1.165) is 4.88 Å². The van der Waals surface area contributed by atoms with E-state index >= 15 is 0 Å². The lowest BCUT2D eigenvalue weighted by atomic mass is 10.2. The quantitative estimate of drug-likeness (QED) is 0.0862. The summed E-state index contributed by atoms with van der Waals surface area (Å²) >= 11 is 4.79. The van der Waals surface area contributed by atoms with Crippen molar-refractivity contribution in [2.75, 3.05) is 0 Å². The van der Waals surface area contributed by atoms with E-state index in [-0.39, 0.29) is 11.4 Å². The van der Waals surface area contributed by atoms with E-state index in [4.69, 9.17) is 9.15 Å². The molecule has 10 heteroatoms. The fourth-order valence-electron chi connectivity index (χ4n) is 3.07. The highest BCUT2D eigenvalue weighted by Gasteiger charge is 2.15. The maximum absolute atomic E-state index is 12.9. The summed E-state index contributed by atoms with van der Waals surface area (Å²) in [6, 6.07) is 20.6. The number of nitrogens with zero attached hydrogens (tertiary/aromatic N) is 1. The van der Waals surface area contributed by atoms with Gasteiger partial charge in [-0.25, -0.2) is 10.2 Å². The molecule has 0 unspecified atom stereocenters. The molecular formula is C28H20BrN3O5S. The molecule has 38 heavy (non-hydrogen) atoms. The molecule has 0 aliphatic rings. The third-order valence-corrected chi connectivity index (χ3v) is 6.15. The number of nitrogens with one attached hydrogen (secondary N) is 2. The van der Waals surface area contributed by atoms with Crippen LogP contribution in [0.25, 0.3) is 12.2 Å². The van der Waals surface area contributed by atoms with Crippen LogP contribution in [-0.2, 0) is 9.59 Å². The van der Waals surface area contributed by atoms with Gasteiger partial charge in [-0.2, -0.15) is 5.10 Å². The molecule has 2 amide bonds. The first-order valence-electron chi connectivity index (χ1n) is 11.2. The zero-order valence-corrected chi connectivity index (χ0v) is 22.1. The molecular weight excluding hydrogens is 570 g/mol. The molecule has 0 fully saturated rings. The third kappa shape index (κ3) is 7.73. The lowest BCUT2D eigenvalue weighted by molar-refractivity contribution is -0.129. The van der Waals surface area contributed by atoms with E-state index < -0.39 is 17.8 Å². The number of carbonyl (C=O) groups excluding carboxylic acids is 3. The molecule has 4 aromatic rings. The fraction of sp³-hybridized carbons (Fsp3) is 0. The maximum atomic E-state index is 12.9. The van der Waals surface area contributed by atoms with Gasteiger partial charge >= 0.3 is 5.97 Å². The Morgan fingerprint density at radius 2 is 1.84 bits per heavy atom. The summed E-state index contributed by atoms with van der Waals surface area (Å²) in [6.07, 6.45) is 7.12. The van der Waals surface area contributed by atoms with Gasteiger partial charge in [-0.1, -0.05) is 40.2 Å². The maximum Gasteiger partial charge on any atom is 0.336 e. The lowest BCUT2D eigenvalue weighted by Crippen LogP contribution is -2.32. The summed E-state index contributed by atoms with van der Waals surface area (Å²) in [5.41, 5.74) is 3.26. The second kappa shape index (κ2) is 13.1. The Kier molecular flexibility index (Phi) is 9.17. The molecule has 0 radical (unpaired) electrons. The van der Waals surface area contributed by atoms with Crippen molar-refractivity contribution in [3.05, 3.63) is 122 Å². The van der Waals surface area contributed by atoms with E-state index in [1.54, 1.807) is 66.7 Å². The average molecular weight is 590 g/mol. The number of ether oxygens (including phenoxy) is 1. The minimum absolute atomic E-state index is 0.0161. The largest absolute Gasteiger partial charge is 0.465 e. The number of carbonyl (C=O) groups is 3. The Morgan fingerprint density at radius 3 is 2.58 bits per heavy atom. The molecule has 0 saturated carbocycles. The molecule has 2 aromatic heterocycles. The monoisotopic (exact) mass is 589 g/mol. The normalized spacial score (nSPS) is 11.6. The minimum Gasteiger partial charge on any atom is -0.465 e. The van der Waals surface area contributed by atoms with Crippen LogP contribution in [0.1, 0.15) is 26.6 Å². The zero-order valence-electron chi connectivity index (χ0n) is 19.7. The van der Waals surface area contributed by atoms with Crippen molar-refractivity contribution in [3.8, 4) is 5.75 Å². The number of hydrogen-bond acceptors (Lipinski definition) is 7. The van der Waals surface area contributed by atoms with E-state index in [9.17, 15) is 14.4 Å². The summed E-state index contributed by atoms with van der Waals surface area (Å²) in [4.78, 5) is 38.6. The Labute approximate surface area is 230 Å². The van der Waals surface area contributed by atoms with E-state index in [1.165, 1.54) is 36.0 Å². The van der Waals surface area contributed by atoms with Gasteiger partial charge in [0.05, 0.1) is 12.5 Å². The van der Waals surface area contributed by atoms with Gasteiger partial charge in [-0.3, -0.25) is 9.59 Å².